The predicted molar refractivity (Wildman–Crippen MR) is 30.6 cm³/mol. The molecule has 0 saturated carbocycles. The Morgan fingerprint density at radius 2 is 0.857 bits per heavy atom. The fraction of sp³-hybridized carbons (Fsp3) is 1.00. The highest BCUT2D eigenvalue weighted by Gasteiger charge is 2.80. The highest BCUT2D eigenvalue weighted by atomic mass is 31.0. The van der Waals surface area contributed by atoms with Crippen LogP contribution in [-0.4, -0.2) is 23.7 Å². The first-order valence-electron chi connectivity index (χ1n) is 2.74. The Balaban J connectivity index is 5.30. The maximum absolute atomic E-state index is 12.0. The van der Waals surface area contributed by atoms with Crippen molar-refractivity contribution in [1.82, 2.24) is 0 Å². The van der Waals surface area contributed by atoms with Gasteiger partial charge in [0, 0.05) is 0 Å². The molecular formula is C4H2F9P. The van der Waals surface area contributed by atoms with Gasteiger partial charge in [0.25, 0.3) is 0 Å². The molecule has 0 bridgehead atoms. The molecule has 0 nitrogen and oxygen atoms in total. The lowest BCUT2D eigenvalue weighted by Gasteiger charge is -2.31. The monoisotopic (exact) mass is 252 g/mol. The summed E-state index contributed by atoms with van der Waals surface area (Å²) in [4.78, 5) is 0. The van der Waals surface area contributed by atoms with Gasteiger partial charge in [0.15, 0.2) is 0 Å². The largest absolute Gasteiger partial charge is 0.460 e. The number of hydrogen-bond acceptors (Lipinski definition) is 0. The molecule has 0 aliphatic rings. The quantitative estimate of drug-likeness (QED) is 0.522. The first-order chi connectivity index (χ1) is 5.75. The molecule has 0 aromatic heterocycles. The fourth-order valence-corrected chi connectivity index (χ4v) is 0.569. The van der Waals surface area contributed by atoms with Gasteiger partial charge in [0.05, 0.1) is 0 Å². The Bertz CT molecular complexity index is 186. The zero-order valence-electron chi connectivity index (χ0n) is 5.98. The van der Waals surface area contributed by atoms with Gasteiger partial charge in [-0.15, -0.1) is 0 Å². The summed E-state index contributed by atoms with van der Waals surface area (Å²) in [5, 5.41) is 0. The first kappa shape index (κ1) is 13.8. The van der Waals surface area contributed by atoms with E-state index in [0.29, 0.717) is 0 Å². The highest BCUT2D eigenvalue weighted by molar-refractivity contribution is 7.18. The molecule has 0 saturated heterocycles. The second kappa shape index (κ2) is 3.15. The maximum atomic E-state index is 12.0. The molecule has 0 amide bonds. The average Bonchev–Trinajstić information content (AvgIpc) is 1.81. The van der Waals surface area contributed by atoms with E-state index in [1.807, 2.05) is 0 Å². The summed E-state index contributed by atoms with van der Waals surface area (Å²) in [5.74, 6) is -13.3. The van der Waals surface area contributed by atoms with E-state index in [1.165, 1.54) is 0 Å². The van der Waals surface area contributed by atoms with Gasteiger partial charge in [0.2, 0.25) is 0 Å². The van der Waals surface area contributed by atoms with Gasteiger partial charge in [-0.25, -0.2) is 0 Å². The van der Waals surface area contributed by atoms with E-state index >= 15 is 0 Å². The van der Waals surface area contributed by atoms with Crippen LogP contribution in [0.2, 0.25) is 0 Å². The van der Waals surface area contributed by atoms with Gasteiger partial charge in [-0.2, -0.15) is 39.5 Å². The van der Waals surface area contributed by atoms with Crippen LogP contribution in [0, 0.1) is 0 Å². The summed E-state index contributed by atoms with van der Waals surface area (Å²) in [6.07, 6.45) is -6.74. The third-order valence-electron chi connectivity index (χ3n) is 1.17. The van der Waals surface area contributed by atoms with Gasteiger partial charge in [-0.1, -0.05) is 9.24 Å². The molecule has 0 spiro atoms. The van der Waals surface area contributed by atoms with Crippen LogP contribution in [0.4, 0.5) is 39.5 Å². The van der Waals surface area contributed by atoms with Crippen LogP contribution in [0.25, 0.3) is 0 Å². The van der Waals surface area contributed by atoms with Crippen molar-refractivity contribution in [1.29, 1.82) is 0 Å². The van der Waals surface area contributed by atoms with Gasteiger partial charge >= 0.3 is 23.7 Å². The van der Waals surface area contributed by atoms with E-state index in [4.69, 9.17) is 0 Å². The molecule has 0 rings (SSSR count). The molecule has 0 heterocycles. The van der Waals surface area contributed by atoms with Crippen LogP contribution in [0.1, 0.15) is 0 Å². The lowest BCUT2D eigenvalue weighted by atomic mass is 10.1. The van der Waals surface area contributed by atoms with Gasteiger partial charge < -0.3 is 0 Å². The van der Waals surface area contributed by atoms with E-state index in [-0.39, 0.29) is 9.24 Å². The topological polar surface area (TPSA) is 0 Å². The highest BCUT2D eigenvalue weighted by Crippen LogP contribution is 2.54. The van der Waals surface area contributed by atoms with Gasteiger partial charge in [-0.3, -0.25) is 0 Å². The number of hydrogen-bond donors (Lipinski definition) is 0. The summed E-state index contributed by atoms with van der Waals surface area (Å²) >= 11 is 0. The zero-order valence-corrected chi connectivity index (χ0v) is 7.13. The molecule has 0 aromatic carbocycles. The van der Waals surface area contributed by atoms with Crippen molar-refractivity contribution in [2.24, 2.45) is 0 Å². The van der Waals surface area contributed by atoms with Crippen LogP contribution in [0.3, 0.4) is 0 Å². The summed E-state index contributed by atoms with van der Waals surface area (Å²) in [7, 11) is -0.0576. The number of rotatable bonds is 2. The predicted octanol–water partition coefficient (Wildman–Crippen LogP) is 3.29. The van der Waals surface area contributed by atoms with Crippen molar-refractivity contribution >= 4 is 9.24 Å². The van der Waals surface area contributed by atoms with Gasteiger partial charge in [0.1, 0.15) is 0 Å². The Morgan fingerprint density at radius 1 is 0.571 bits per heavy atom. The minimum Gasteiger partial charge on any atom is -0.195 e. The van der Waals surface area contributed by atoms with Crippen molar-refractivity contribution in [3.63, 3.8) is 0 Å². The lowest BCUT2D eigenvalue weighted by molar-refractivity contribution is -0.381. The van der Waals surface area contributed by atoms with E-state index in [9.17, 15) is 39.5 Å². The Labute approximate surface area is 73.7 Å². The van der Waals surface area contributed by atoms with Crippen LogP contribution in [-0.2, 0) is 0 Å². The second-order valence-electron chi connectivity index (χ2n) is 2.27. The summed E-state index contributed by atoms with van der Waals surface area (Å²) in [6, 6.07) is 0. The second-order valence-corrected chi connectivity index (χ2v) is 2.99. The molecule has 0 aromatic rings. The van der Waals surface area contributed by atoms with Crippen molar-refractivity contribution in [2.45, 2.75) is 23.7 Å². The van der Waals surface area contributed by atoms with E-state index in [0.717, 1.165) is 0 Å². The standard InChI is InChI=1S/C4H2F9P/c5-1(6,3(9,10)11)2(7,8)4(12,13)14/h14H2. The molecule has 86 valence electrons. The van der Waals surface area contributed by atoms with Crippen LogP contribution < -0.4 is 0 Å². The minimum absolute atomic E-state index is 0.0576. The molecular weight excluding hydrogens is 250 g/mol. The van der Waals surface area contributed by atoms with E-state index in [1.54, 1.807) is 0 Å². The fourth-order valence-electron chi connectivity index (χ4n) is 0.387. The first-order valence-corrected chi connectivity index (χ1v) is 3.32. The van der Waals surface area contributed by atoms with Crippen molar-refractivity contribution < 1.29 is 39.5 Å². The normalized spacial score (nSPS) is 15.9. The average molecular weight is 252 g/mol. The Morgan fingerprint density at radius 3 is 0.929 bits per heavy atom. The van der Waals surface area contributed by atoms with E-state index < -0.39 is 23.7 Å². The molecule has 0 aliphatic heterocycles. The molecule has 0 aliphatic carbocycles. The number of halogens is 9. The molecule has 1 unspecified atom stereocenters. The Hall–Kier alpha value is -0.200. The minimum atomic E-state index is -6.79. The molecule has 0 radical (unpaired) electrons. The van der Waals surface area contributed by atoms with Crippen molar-refractivity contribution in [3.05, 3.63) is 0 Å². The summed E-state index contributed by atoms with van der Waals surface area (Å²) in [5.41, 5.74) is -5.55. The van der Waals surface area contributed by atoms with Crippen molar-refractivity contribution in [2.75, 3.05) is 0 Å². The molecule has 14 heavy (non-hydrogen) atoms. The molecule has 10 heteroatoms. The molecule has 1 atom stereocenters. The number of alkyl halides is 9. The Kier molecular flexibility index (Phi) is 3.10. The van der Waals surface area contributed by atoms with Crippen LogP contribution in [0.15, 0.2) is 0 Å². The summed E-state index contributed by atoms with van der Waals surface area (Å²) < 4.78 is 105. The molecule has 0 fully saturated rings. The van der Waals surface area contributed by atoms with Crippen LogP contribution >= 0.6 is 9.24 Å². The molecule has 0 N–H and O–H groups in total. The van der Waals surface area contributed by atoms with Crippen LogP contribution in [0.5, 0.6) is 0 Å². The van der Waals surface area contributed by atoms with E-state index in [2.05, 4.69) is 0 Å². The van der Waals surface area contributed by atoms with Crippen molar-refractivity contribution in [3.8, 4) is 0 Å². The third-order valence-corrected chi connectivity index (χ3v) is 1.53. The maximum Gasteiger partial charge on any atom is 0.460 e. The van der Waals surface area contributed by atoms with Gasteiger partial charge in [-0.05, 0) is 0 Å². The summed E-state index contributed by atoms with van der Waals surface area (Å²) in [6.45, 7) is 0. The third kappa shape index (κ3) is 1.92. The lowest BCUT2D eigenvalue weighted by Crippen LogP contribution is -2.58. The SMILES string of the molecule is FC(F)(F)C(F)(F)C(F)(F)C(F)(F)P. The smallest absolute Gasteiger partial charge is 0.195 e. The zero-order chi connectivity index (χ0) is 12.0.